The minimum Gasteiger partial charge on any atom is -0.351 e. The summed E-state index contributed by atoms with van der Waals surface area (Å²) in [4.78, 5) is 25.6. The first-order valence-electron chi connectivity index (χ1n) is 9.05. The Labute approximate surface area is 164 Å². The van der Waals surface area contributed by atoms with Crippen LogP contribution in [0.4, 0.5) is 11.4 Å². The third-order valence-corrected chi connectivity index (χ3v) is 4.39. The molecule has 0 bridgehead atoms. The van der Waals surface area contributed by atoms with Crippen molar-refractivity contribution < 1.29 is 9.59 Å². The molecule has 0 saturated carbocycles. The van der Waals surface area contributed by atoms with Crippen molar-refractivity contribution in [3.05, 3.63) is 107 Å². The zero-order valence-corrected chi connectivity index (χ0v) is 15.9. The van der Waals surface area contributed by atoms with Crippen molar-refractivity contribution in [2.75, 3.05) is 10.6 Å². The molecule has 28 heavy (non-hydrogen) atoms. The number of amides is 1. The largest absolute Gasteiger partial charge is 0.351 e. The monoisotopic (exact) mass is 370 g/mol. The number of para-hydroxylation sites is 2. The van der Waals surface area contributed by atoms with E-state index in [4.69, 9.17) is 0 Å². The van der Waals surface area contributed by atoms with Gasteiger partial charge in [-0.3, -0.25) is 9.59 Å². The van der Waals surface area contributed by atoms with E-state index >= 15 is 0 Å². The van der Waals surface area contributed by atoms with E-state index in [1.165, 1.54) is 6.08 Å². The fourth-order valence-electron chi connectivity index (χ4n) is 2.74. The molecule has 0 spiro atoms. The van der Waals surface area contributed by atoms with E-state index in [1.54, 1.807) is 24.3 Å². The van der Waals surface area contributed by atoms with Crippen molar-refractivity contribution in [1.29, 1.82) is 0 Å². The molecule has 0 aromatic heterocycles. The molecule has 0 heterocycles. The fourth-order valence-corrected chi connectivity index (χ4v) is 2.74. The average molecular weight is 370 g/mol. The standard InChI is InChI=1S/C24H22N2O2/c1-17-10-6-8-14-20(17)25-22(16-23(27)19-12-4-3-5-13-19)24(28)26-21-15-9-7-11-18(21)2/h3-16,25H,1-2H3,(H,26,28). The predicted octanol–water partition coefficient (Wildman–Crippen LogP) is 5.12. The van der Waals surface area contributed by atoms with Gasteiger partial charge < -0.3 is 10.6 Å². The SMILES string of the molecule is Cc1ccccc1NC(=O)C(=CC(=O)c1ccccc1)Nc1ccccc1C. The third-order valence-electron chi connectivity index (χ3n) is 4.39. The van der Waals surface area contributed by atoms with Crippen LogP contribution in [0.25, 0.3) is 0 Å². The number of aryl methyl sites for hydroxylation is 2. The van der Waals surface area contributed by atoms with E-state index in [0.29, 0.717) is 11.3 Å². The number of ketones is 1. The van der Waals surface area contributed by atoms with Crippen molar-refractivity contribution in [3.8, 4) is 0 Å². The lowest BCUT2D eigenvalue weighted by Crippen LogP contribution is -2.21. The lowest BCUT2D eigenvalue weighted by Gasteiger charge is -2.14. The van der Waals surface area contributed by atoms with Gasteiger partial charge in [0.25, 0.3) is 5.91 Å². The highest BCUT2D eigenvalue weighted by molar-refractivity contribution is 6.13. The van der Waals surface area contributed by atoms with Gasteiger partial charge >= 0.3 is 0 Å². The smallest absolute Gasteiger partial charge is 0.272 e. The molecular formula is C24H22N2O2. The van der Waals surface area contributed by atoms with Gasteiger partial charge in [0.1, 0.15) is 5.70 Å². The lowest BCUT2D eigenvalue weighted by molar-refractivity contribution is -0.112. The summed E-state index contributed by atoms with van der Waals surface area (Å²) in [6.45, 7) is 3.86. The molecule has 3 aromatic rings. The van der Waals surface area contributed by atoms with Crippen LogP contribution in [0, 0.1) is 13.8 Å². The quantitative estimate of drug-likeness (QED) is 0.468. The third kappa shape index (κ3) is 4.74. The van der Waals surface area contributed by atoms with Crippen LogP contribution >= 0.6 is 0 Å². The Balaban J connectivity index is 1.93. The van der Waals surface area contributed by atoms with Crippen molar-refractivity contribution in [3.63, 3.8) is 0 Å². The topological polar surface area (TPSA) is 58.2 Å². The average Bonchev–Trinajstić information content (AvgIpc) is 2.71. The van der Waals surface area contributed by atoms with E-state index in [9.17, 15) is 9.59 Å². The number of allylic oxidation sites excluding steroid dienone is 1. The Morgan fingerprint density at radius 1 is 0.679 bits per heavy atom. The van der Waals surface area contributed by atoms with Crippen LogP contribution in [0.3, 0.4) is 0 Å². The minimum absolute atomic E-state index is 0.186. The summed E-state index contributed by atoms with van der Waals surface area (Å²) < 4.78 is 0. The summed E-state index contributed by atoms with van der Waals surface area (Å²) in [6.07, 6.45) is 1.34. The van der Waals surface area contributed by atoms with Gasteiger partial charge in [-0.05, 0) is 37.1 Å². The van der Waals surface area contributed by atoms with Gasteiger partial charge in [0.05, 0.1) is 0 Å². The Kier molecular flexibility index (Phi) is 6.02. The van der Waals surface area contributed by atoms with Crippen LogP contribution in [-0.2, 0) is 4.79 Å². The first-order chi connectivity index (χ1) is 13.5. The van der Waals surface area contributed by atoms with E-state index in [-0.39, 0.29) is 17.4 Å². The van der Waals surface area contributed by atoms with E-state index in [1.807, 2.05) is 68.4 Å². The molecule has 0 aliphatic heterocycles. The summed E-state index contributed by atoms with van der Waals surface area (Å²) in [6, 6.07) is 24.0. The molecule has 0 aliphatic rings. The van der Waals surface area contributed by atoms with Gasteiger partial charge in [0.15, 0.2) is 5.78 Å². The van der Waals surface area contributed by atoms with Crippen LogP contribution in [0.5, 0.6) is 0 Å². The zero-order valence-electron chi connectivity index (χ0n) is 15.9. The summed E-state index contributed by atoms with van der Waals surface area (Å²) in [7, 11) is 0. The van der Waals surface area contributed by atoms with Crippen LogP contribution in [0.1, 0.15) is 21.5 Å². The summed E-state index contributed by atoms with van der Waals surface area (Å²) in [5, 5.41) is 6.00. The van der Waals surface area contributed by atoms with Gasteiger partial charge in [-0.2, -0.15) is 0 Å². The second-order valence-electron chi connectivity index (χ2n) is 6.50. The first kappa shape index (κ1) is 19.1. The molecule has 0 radical (unpaired) electrons. The first-order valence-corrected chi connectivity index (χ1v) is 9.05. The molecule has 0 fully saturated rings. The van der Waals surface area contributed by atoms with Gasteiger partial charge in [-0.15, -0.1) is 0 Å². The van der Waals surface area contributed by atoms with Crippen LogP contribution < -0.4 is 10.6 Å². The molecule has 3 rings (SSSR count). The van der Waals surface area contributed by atoms with Gasteiger partial charge in [0.2, 0.25) is 0 Å². The highest BCUT2D eigenvalue weighted by atomic mass is 16.2. The molecule has 3 aromatic carbocycles. The zero-order chi connectivity index (χ0) is 19.9. The number of carbonyl (C=O) groups is 2. The van der Waals surface area contributed by atoms with Crippen LogP contribution in [0.2, 0.25) is 0 Å². The van der Waals surface area contributed by atoms with Gasteiger partial charge in [-0.25, -0.2) is 0 Å². The molecule has 140 valence electrons. The molecule has 0 aliphatic carbocycles. The molecule has 4 nitrogen and oxygen atoms in total. The molecule has 1 amide bonds. The van der Waals surface area contributed by atoms with Gasteiger partial charge in [0, 0.05) is 23.0 Å². The highest BCUT2D eigenvalue weighted by Crippen LogP contribution is 2.19. The van der Waals surface area contributed by atoms with E-state index < -0.39 is 0 Å². The van der Waals surface area contributed by atoms with Crippen molar-refractivity contribution >= 4 is 23.1 Å². The summed E-state index contributed by atoms with van der Waals surface area (Å²) in [5.74, 6) is -0.613. The number of hydrogen-bond donors (Lipinski definition) is 2. The minimum atomic E-state index is -0.373. The Morgan fingerprint density at radius 3 is 1.75 bits per heavy atom. The van der Waals surface area contributed by atoms with Crippen molar-refractivity contribution in [2.45, 2.75) is 13.8 Å². The molecule has 0 saturated heterocycles. The maximum atomic E-state index is 13.0. The Bertz CT molecular complexity index is 1020. The Morgan fingerprint density at radius 2 is 1.18 bits per heavy atom. The number of rotatable bonds is 6. The second kappa shape index (κ2) is 8.82. The molecule has 0 atom stereocenters. The Hall–Kier alpha value is -3.66. The van der Waals surface area contributed by atoms with E-state index in [2.05, 4.69) is 10.6 Å². The molecular weight excluding hydrogens is 348 g/mol. The summed E-state index contributed by atoms with van der Waals surface area (Å²) >= 11 is 0. The number of hydrogen-bond acceptors (Lipinski definition) is 3. The molecule has 0 unspecified atom stereocenters. The van der Waals surface area contributed by atoms with Crippen LogP contribution in [-0.4, -0.2) is 11.7 Å². The summed E-state index contributed by atoms with van der Waals surface area (Å²) in [5.41, 5.74) is 4.11. The number of anilines is 2. The van der Waals surface area contributed by atoms with Crippen molar-refractivity contribution in [2.24, 2.45) is 0 Å². The number of benzene rings is 3. The number of carbonyl (C=O) groups excluding carboxylic acids is 2. The lowest BCUT2D eigenvalue weighted by atomic mass is 10.1. The normalized spacial score (nSPS) is 11.0. The molecule has 2 N–H and O–H groups in total. The van der Waals surface area contributed by atoms with E-state index in [0.717, 1.165) is 16.8 Å². The van der Waals surface area contributed by atoms with Crippen LogP contribution in [0.15, 0.2) is 90.6 Å². The molecule has 4 heteroatoms. The predicted molar refractivity (Wildman–Crippen MR) is 113 cm³/mol. The van der Waals surface area contributed by atoms with Gasteiger partial charge in [-0.1, -0.05) is 66.7 Å². The maximum Gasteiger partial charge on any atom is 0.272 e. The van der Waals surface area contributed by atoms with Crippen molar-refractivity contribution in [1.82, 2.24) is 0 Å². The fraction of sp³-hybridized carbons (Fsp3) is 0.0833. The highest BCUT2D eigenvalue weighted by Gasteiger charge is 2.15. The maximum absolute atomic E-state index is 13.0. The second-order valence-corrected chi connectivity index (χ2v) is 6.50. The number of nitrogens with one attached hydrogen (secondary N) is 2.